The summed E-state index contributed by atoms with van der Waals surface area (Å²) in [6.45, 7) is 0. The fraction of sp³-hybridized carbons (Fsp3) is 0. The van der Waals surface area contributed by atoms with Crippen LogP contribution in [0.4, 0.5) is 0 Å². The monoisotopic (exact) mass is 230 g/mol. The van der Waals surface area contributed by atoms with Gasteiger partial charge in [-0.15, -0.1) is 5.10 Å². The van der Waals surface area contributed by atoms with Crippen LogP contribution < -0.4 is 5.76 Å². The Balaban J connectivity index is 2.57. The second-order valence-electron chi connectivity index (χ2n) is 2.54. The SMILES string of the molecule is O=c1[nH]nc(-c2ccc(Cl)cc2Cl)o1. The van der Waals surface area contributed by atoms with Crippen LogP contribution in [0.1, 0.15) is 0 Å². The van der Waals surface area contributed by atoms with Gasteiger partial charge in [-0.3, -0.25) is 0 Å². The Labute approximate surface area is 88.5 Å². The highest BCUT2D eigenvalue weighted by atomic mass is 35.5. The molecule has 1 N–H and O–H groups in total. The Hall–Kier alpha value is -1.26. The van der Waals surface area contributed by atoms with Gasteiger partial charge in [0.1, 0.15) is 0 Å². The summed E-state index contributed by atoms with van der Waals surface area (Å²) in [5, 5.41) is 6.68. The molecule has 0 unspecified atom stereocenters. The minimum Gasteiger partial charge on any atom is -0.388 e. The first-order valence-corrected chi connectivity index (χ1v) is 4.43. The van der Waals surface area contributed by atoms with Gasteiger partial charge in [0.15, 0.2) is 0 Å². The van der Waals surface area contributed by atoms with E-state index < -0.39 is 5.76 Å². The third-order valence-corrected chi connectivity index (χ3v) is 2.15. The summed E-state index contributed by atoms with van der Waals surface area (Å²) < 4.78 is 4.74. The molecule has 2 aromatic rings. The van der Waals surface area contributed by atoms with Crippen molar-refractivity contribution >= 4 is 23.2 Å². The summed E-state index contributed by atoms with van der Waals surface area (Å²) in [6.07, 6.45) is 0. The second-order valence-corrected chi connectivity index (χ2v) is 3.39. The number of hydrogen-bond acceptors (Lipinski definition) is 3. The van der Waals surface area contributed by atoms with Crippen molar-refractivity contribution in [1.29, 1.82) is 0 Å². The van der Waals surface area contributed by atoms with Gasteiger partial charge in [-0.1, -0.05) is 23.2 Å². The zero-order chi connectivity index (χ0) is 10.1. The molecule has 2 rings (SSSR count). The van der Waals surface area contributed by atoms with E-state index in [0.29, 0.717) is 15.6 Å². The Morgan fingerprint density at radius 1 is 1.36 bits per heavy atom. The third-order valence-electron chi connectivity index (χ3n) is 1.60. The average Bonchev–Trinajstić information content (AvgIpc) is 2.51. The van der Waals surface area contributed by atoms with Gasteiger partial charge in [-0.05, 0) is 18.2 Å². The molecule has 0 fully saturated rings. The highest BCUT2D eigenvalue weighted by molar-refractivity contribution is 6.36. The molecule has 72 valence electrons. The van der Waals surface area contributed by atoms with Crippen molar-refractivity contribution in [2.75, 3.05) is 0 Å². The van der Waals surface area contributed by atoms with Crippen molar-refractivity contribution in [3.05, 3.63) is 38.8 Å². The zero-order valence-corrected chi connectivity index (χ0v) is 8.26. The number of hydrogen-bond donors (Lipinski definition) is 1. The van der Waals surface area contributed by atoms with E-state index in [1.165, 1.54) is 0 Å². The Morgan fingerprint density at radius 2 is 2.14 bits per heavy atom. The lowest BCUT2D eigenvalue weighted by Gasteiger charge is -1.97. The highest BCUT2D eigenvalue weighted by Crippen LogP contribution is 2.27. The van der Waals surface area contributed by atoms with Gasteiger partial charge in [0, 0.05) is 5.02 Å². The normalized spacial score (nSPS) is 10.4. The number of nitrogens with one attached hydrogen (secondary N) is 1. The van der Waals surface area contributed by atoms with Crippen molar-refractivity contribution in [3.63, 3.8) is 0 Å². The Kier molecular flexibility index (Phi) is 2.31. The maximum absolute atomic E-state index is 10.7. The summed E-state index contributed by atoms with van der Waals surface area (Å²) >= 11 is 11.6. The predicted molar refractivity (Wildman–Crippen MR) is 52.6 cm³/mol. The van der Waals surface area contributed by atoms with Crippen molar-refractivity contribution in [2.45, 2.75) is 0 Å². The fourth-order valence-corrected chi connectivity index (χ4v) is 1.50. The van der Waals surface area contributed by atoms with Crippen LogP contribution in [-0.4, -0.2) is 10.2 Å². The van der Waals surface area contributed by atoms with E-state index in [1.54, 1.807) is 18.2 Å². The number of aromatic amines is 1. The van der Waals surface area contributed by atoms with E-state index in [0.717, 1.165) is 0 Å². The van der Waals surface area contributed by atoms with E-state index in [-0.39, 0.29) is 5.89 Å². The van der Waals surface area contributed by atoms with Crippen LogP contribution in [0.5, 0.6) is 0 Å². The van der Waals surface area contributed by atoms with E-state index in [1.807, 2.05) is 0 Å². The van der Waals surface area contributed by atoms with Crippen molar-refractivity contribution < 1.29 is 4.42 Å². The first kappa shape index (κ1) is 9.30. The second kappa shape index (κ2) is 3.48. The molecule has 0 aliphatic heterocycles. The number of aromatic nitrogens is 2. The molecule has 0 atom stereocenters. The molecule has 1 aromatic carbocycles. The predicted octanol–water partition coefficient (Wildman–Crippen LogP) is 2.34. The lowest BCUT2D eigenvalue weighted by molar-refractivity contribution is 0.527. The minimum absolute atomic E-state index is 0.150. The third kappa shape index (κ3) is 1.66. The highest BCUT2D eigenvalue weighted by Gasteiger charge is 2.09. The standard InChI is InChI=1S/C8H4Cl2N2O2/c9-4-1-2-5(6(10)3-4)7-11-12-8(13)14-7/h1-3H,(H,12,13). The van der Waals surface area contributed by atoms with Crippen molar-refractivity contribution in [1.82, 2.24) is 10.2 Å². The summed E-state index contributed by atoms with van der Waals surface area (Å²) in [7, 11) is 0. The number of nitrogens with zero attached hydrogens (tertiary/aromatic N) is 1. The maximum Gasteiger partial charge on any atom is 0.434 e. The molecule has 0 aliphatic carbocycles. The Morgan fingerprint density at radius 3 is 2.71 bits per heavy atom. The molecule has 0 spiro atoms. The van der Waals surface area contributed by atoms with Crippen LogP contribution in [0.3, 0.4) is 0 Å². The van der Waals surface area contributed by atoms with Crippen LogP contribution in [0.2, 0.25) is 10.0 Å². The van der Waals surface area contributed by atoms with Gasteiger partial charge >= 0.3 is 5.76 Å². The molecule has 1 heterocycles. The van der Waals surface area contributed by atoms with E-state index in [2.05, 4.69) is 10.2 Å². The maximum atomic E-state index is 10.7. The van der Waals surface area contributed by atoms with Crippen LogP contribution in [0, 0.1) is 0 Å². The molecule has 0 bridgehead atoms. The topological polar surface area (TPSA) is 58.9 Å². The quantitative estimate of drug-likeness (QED) is 0.819. The molecule has 0 saturated heterocycles. The van der Waals surface area contributed by atoms with Gasteiger partial charge in [0.05, 0.1) is 10.6 Å². The summed E-state index contributed by atoms with van der Waals surface area (Å²) in [4.78, 5) is 10.7. The van der Waals surface area contributed by atoms with Gasteiger partial charge in [-0.25, -0.2) is 9.89 Å². The smallest absolute Gasteiger partial charge is 0.388 e. The number of H-pyrrole nitrogens is 1. The number of rotatable bonds is 1. The molecule has 0 amide bonds. The molecule has 14 heavy (non-hydrogen) atoms. The molecule has 4 nitrogen and oxygen atoms in total. The van der Waals surface area contributed by atoms with Gasteiger partial charge < -0.3 is 4.42 Å². The minimum atomic E-state index is -0.619. The molecule has 0 saturated carbocycles. The van der Waals surface area contributed by atoms with Gasteiger partial charge in [0.25, 0.3) is 5.89 Å². The van der Waals surface area contributed by atoms with Crippen LogP contribution in [-0.2, 0) is 0 Å². The van der Waals surface area contributed by atoms with Gasteiger partial charge in [-0.2, -0.15) is 0 Å². The lowest BCUT2D eigenvalue weighted by atomic mass is 10.2. The summed E-state index contributed by atoms with van der Waals surface area (Å²) in [5.41, 5.74) is 0.523. The molecule has 1 aromatic heterocycles. The van der Waals surface area contributed by atoms with Crippen molar-refractivity contribution in [3.8, 4) is 11.5 Å². The number of halogens is 2. The largest absolute Gasteiger partial charge is 0.434 e. The number of benzene rings is 1. The van der Waals surface area contributed by atoms with E-state index in [9.17, 15) is 4.79 Å². The van der Waals surface area contributed by atoms with Crippen molar-refractivity contribution in [2.24, 2.45) is 0 Å². The Bertz CT molecular complexity index is 518. The molecular formula is C8H4Cl2N2O2. The van der Waals surface area contributed by atoms with Crippen LogP contribution in [0.25, 0.3) is 11.5 Å². The first-order chi connectivity index (χ1) is 6.66. The summed E-state index contributed by atoms with van der Waals surface area (Å²) in [6, 6.07) is 4.81. The first-order valence-electron chi connectivity index (χ1n) is 3.68. The summed E-state index contributed by atoms with van der Waals surface area (Å²) in [5.74, 6) is -0.470. The molecule has 0 radical (unpaired) electrons. The molecule has 0 aliphatic rings. The zero-order valence-electron chi connectivity index (χ0n) is 6.75. The van der Waals surface area contributed by atoms with Crippen LogP contribution in [0.15, 0.2) is 27.4 Å². The van der Waals surface area contributed by atoms with Crippen LogP contribution >= 0.6 is 23.2 Å². The van der Waals surface area contributed by atoms with E-state index in [4.69, 9.17) is 27.6 Å². The van der Waals surface area contributed by atoms with E-state index >= 15 is 0 Å². The lowest BCUT2D eigenvalue weighted by Crippen LogP contribution is -1.93. The molecule has 6 heteroatoms. The average molecular weight is 231 g/mol. The fourth-order valence-electron chi connectivity index (χ4n) is 1.01. The molecular weight excluding hydrogens is 227 g/mol. The van der Waals surface area contributed by atoms with Gasteiger partial charge in [0.2, 0.25) is 0 Å².